The number of nitrogens with one attached hydrogen (secondary N) is 1. The van der Waals surface area contributed by atoms with Crippen LogP contribution in [0.4, 0.5) is 5.13 Å². The first-order valence-corrected chi connectivity index (χ1v) is 11.1. The van der Waals surface area contributed by atoms with Crippen molar-refractivity contribution in [1.82, 2.24) is 9.29 Å². The van der Waals surface area contributed by atoms with Crippen molar-refractivity contribution in [3.8, 4) is 10.6 Å². The number of amides is 2. The Morgan fingerprint density at radius 1 is 1.15 bits per heavy atom. The molecule has 1 N–H and O–H groups in total. The highest BCUT2D eigenvalue weighted by Gasteiger charge is 2.40. The predicted molar refractivity (Wildman–Crippen MR) is 103 cm³/mol. The standard InChI is InChI=1S/C17H13N3O4S3/c21-15(19-17-18-12(10-26-17)13-5-3-9-25-13)7-8-20-16(22)11-4-1-2-6-14(11)27(20,23)24/h1-6,9-10H,7-8H2,(H,18,19,21). The maximum absolute atomic E-state index is 12.5. The third kappa shape index (κ3) is 3.27. The summed E-state index contributed by atoms with van der Waals surface area (Å²) in [5, 5.41) is 6.87. The van der Waals surface area contributed by atoms with Gasteiger partial charge in [-0.05, 0) is 23.6 Å². The Hall–Kier alpha value is -2.56. The molecule has 2 aromatic heterocycles. The van der Waals surface area contributed by atoms with Gasteiger partial charge in [0.05, 0.1) is 16.1 Å². The van der Waals surface area contributed by atoms with E-state index in [4.69, 9.17) is 0 Å². The highest BCUT2D eigenvalue weighted by Crippen LogP contribution is 2.30. The summed E-state index contributed by atoms with van der Waals surface area (Å²) in [6.07, 6.45) is -0.146. The zero-order chi connectivity index (χ0) is 19.0. The highest BCUT2D eigenvalue weighted by molar-refractivity contribution is 7.90. The van der Waals surface area contributed by atoms with Crippen LogP contribution in [0.15, 0.2) is 52.1 Å². The van der Waals surface area contributed by atoms with Crippen molar-refractivity contribution in [2.45, 2.75) is 11.3 Å². The Bertz CT molecular complexity index is 1120. The van der Waals surface area contributed by atoms with Gasteiger partial charge in [-0.2, -0.15) is 0 Å². The molecule has 0 spiro atoms. The molecule has 3 heterocycles. The van der Waals surface area contributed by atoms with E-state index in [1.165, 1.54) is 23.5 Å². The SMILES string of the molecule is O=C(CCN1C(=O)c2ccccc2S1(=O)=O)Nc1nc(-c2cccs2)cs1. The van der Waals surface area contributed by atoms with Gasteiger partial charge in [0.2, 0.25) is 5.91 Å². The summed E-state index contributed by atoms with van der Waals surface area (Å²) >= 11 is 2.84. The molecular formula is C17H13N3O4S3. The average Bonchev–Trinajstić information content (AvgIpc) is 3.35. The van der Waals surface area contributed by atoms with E-state index in [2.05, 4.69) is 10.3 Å². The Labute approximate surface area is 163 Å². The smallest absolute Gasteiger partial charge is 0.269 e. The number of carbonyl (C=O) groups is 2. The first-order valence-electron chi connectivity index (χ1n) is 7.92. The molecule has 1 aliphatic heterocycles. The molecule has 2 amide bonds. The third-order valence-electron chi connectivity index (χ3n) is 3.98. The molecule has 0 saturated heterocycles. The maximum atomic E-state index is 12.5. The van der Waals surface area contributed by atoms with Gasteiger partial charge < -0.3 is 5.32 Å². The van der Waals surface area contributed by atoms with Crippen molar-refractivity contribution in [3.05, 3.63) is 52.7 Å². The molecule has 0 aliphatic carbocycles. The van der Waals surface area contributed by atoms with Gasteiger partial charge in [0.15, 0.2) is 5.13 Å². The van der Waals surface area contributed by atoms with E-state index in [1.807, 2.05) is 22.9 Å². The molecule has 10 heteroatoms. The van der Waals surface area contributed by atoms with E-state index in [-0.39, 0.29) is 23.4 Å². The van der Waals surface area contributed by atoms with Crippen molar-refractivity contribution in [2.24, 2.45) is 0 Å². The highest BCUT2D eigenvalue weighted by atomic mass is 32.2. The van der Waals surface area contributed by atoms with E-state index in [1.54, 1.807) is 23.5 Å². The van der Waals surface area contributed by atoms with Gasteiger partial charge >= 0.3 is 0 Å². The zero-order valence-electron chi connectivity index (χ0n) is 13.8. The summed E-state index contributed by atoms with van der Waals surface area (Å²) in [5.74, 6) is -1.01. The van der Waals surface area contributed by atoms with Crippen molar-refractivity contribution < 1.29 is 18.0 Å². The molecule has 27 heavy (non-hydrogen) atoms. The zero-order valence-corrected chi connectivity index (χ0v) is 16.2. The first-order chi connectivity index (χ1) is 13.0. The normalized spacial score (nSPS) is 15.0. The van der Waals surface area contributed by atoms with E-state index < -0.39 is 21.8 Å². The lowest BCUT2D eigenvalue weighted by Gasteiger charge is -2.14. The number of rotatable bonds is 5. The second kappa shape index (κ2) is 6.87. The molecule has 0 bridgehead atoms. The number of fused-ring (bicyclic) bond motifs is 1. The fraction of sp³-hybridized carbons (Fsp3) is 0.118. The van der Waals surface area contributed by atoms with E-state index in [9.17, 15) is 18.0 Å². The molecule has 7 nitrogen and oxygen atoms in total. The van der Waals surface area contributed by atoms with Gasteiger partial charge in [-0.3, -0.25) is 9.59 Å². The lowest BCUT2D eigenvalue weighted by molar-refractivity contribution is -0.116. The minimum atomic E-state index is -3.90. The molecular weight excluding hydrogens is 406 g/mol. The number of hydrogen-bond donors (Lipinski definition) is 1. The monoisotopic (exact) mass is 419 g/mol. The third-order valence-corrected chi connectivity index (χ3v) is 7.47. The number of hydrogen-bond acceptors (Lipinski definition) is 7. The molecule has 0 atom stereocenters. The topological polar surface area (TPSA) is 96.4 Å². The summed E-state index contributed by atoms with van der Waals surface area (Å²) in [4.78, 5) is 29.8. The molecule has 0 saturated carbocycles. The number of thiazole rings is 1. The fourth-order valence-electron chi connectivity index (χ4n) is 2.71. The van der Waals surface area contributed by atoms with E-state index >= 15 is 0 Å². The Morgan fingerprint density at radius 2 is 1.96 bits per heavy atom. The molecule has 0 unspecified atom stereocenters. The van der Waals surface area contributed by atoms with Crippen LogP contribution in [0.5, 0.6) is 0 Å². The van der Waals surface area contributed by atoms with Gasteiger partial charge in [0.25, 0.3) is 15.9 Å². The second-order valence-corrected chi connectivity index (χ2v) is 9.33. The van der Waals surface area contributed by atoms with Crippen LogP contribution in [0.2, 0.25) is 0 Å². The first kappa shape index (κ1) is 17.8. The number of benzene rings is 1. The van der Waals surface area contributed by atoms with Crippen LogP contribution in [0.25, 0.3) is 10.6 Å². The largest absolute Gasteiger partial charge is 0.302 e. The summed E-state index contributed by atoms with van der Waals surface area (Å²) in [6, 6.07) is 9.89. The van der Waals surface area contributed by atoms with E-state index in [0.717, 1.165) is 14.9 Å². The van der Waals surface area contributed by atoms with Gasteiger partial charge in [-0.15, -0.1) is 22.7 Å². The molecule has 138 valence electrons. The Kier molecular flexibility index (Phi) is 4.54. The second-order valence-electron chi connectivity index (χ2n) is 5.69. The van der Waals surface area contributed by atoms with Crippen molar-refractivity contribution in [1.29, 1.82) is 0 Å². The number of sulfonamides is 1. The minimum absolute atomic E-state index is 0.0177. The van der Waals surface area contributed by atoms with Crippen molar-refractivity contribution >= 4 is 49.6 Å². The number of thiophene rings is 1. The van der Waals surface area contributed by atoms with Crippen molar-refractivity contribution in [3.63, 3.8) is 0 Å². The van der Waals surface area contributed by atoms with Crippen LogP contribution in [0.3, 0.4) is 0 Å². The number of anilines is 1. The van der Waals surface area contributed by atoms with Crippen LogP contribution < -0.4 is 5.32 Å². The van der Waals surface area contributed by atoms with Gasteiger partial charge in [-0.25, -0.2) is 17.7 Å². The average molecular weight is 420 g/mol. The maximum Gasteiger partial charge on any atom is 0.269 e. The van der Waals surface area contributed by atoms with Crippen LogP contribution in [-0.4, -0.2) is 36.1 Å². The molecule has 1 aromatic carbocycles. The van der Waals surface area contributed by atoms with Crippen LogP contribution >= 0.6 is 22.7 Å². The predicted octanol–water partition coefficient (Wildman–Crippen LogP) is 3.04. The molecule has 3 aromatic rings. The lowest BCUT2D eigenvalue weighted by atomic mass is 10.2. The van der Waals surface area contributed by atoms with Crippen LogP contribution in [0.1, 0.15) is 16.8 Å². The number of carbonyl (C=O) groups excluding carboxylic acids is 2. The molecule has 1 aliphatic rings. The number of aromatic nitrogens is 1. The van der Waals surface area contributed by atoms with Crippen LogP contribution in [0, 0.1) is 0 Å². The summed E-state index contributed by atoms with van der Waals surface area (Å²) in [6.45, 7) is -0.217. The van der Waals surface area contributed by atoms with Gasteiger partial charge in [-0.1, -0.05) is 18.2 Å². The lowest BCUT2D eigenvalue weighted by Crippen LogP contribution is -2.33. The quantitative estimate of drug-likeness (QED) is 0.686. The minimum Gasteiger partial charge on any atom is -0.302 e. The molecule has 4 rings (SSSR count). The van der Waals surface area contributed by atoms with Gasteiger partial charge in [0.1, 0.15) is 4.90 Å². The summed E-state index contributed by atoms with van der Waals surface area (Å²) < 4.78 is 25.7. The molecule has 0 fully saturated rings. The van der Waals surface area contributed by atoms with Gasteiger partial charge in [0, 0.05) is 18.3 Å². The summed E-state index contributed by atoms with van der Waals surface area (Å²) in [5.41, 5.74) is 0.913. The number of nitrogens with zero attached hydrogens (tertiary/aromatic N) is 2. The molecule has 0 radical (unpaired) electrons. The summed E-state index contributed by atoms with van der Waals surface area (Å²) in [7, 11) is -3.90. The Balaban J connectivity index is 1.41. The van der Waals surface area contributed by atoms with Crippen molar-refractivity contribution in [2.75, 3.05) is 11.9 Å². The van der Waals surface area contributed by atoms with E-state index in [0.29, 0.717) is 5.13 Å². The van der Waals surface area contributed by atoms with Crippen LogP contribution in [-0.2, 0) is 14.8 Å². The Morgan fingerprint density at radius 3 is 2.70 bits per heavy atom. The fourth-order valence-corrected chi connectivity index (χ4v) is 5.76.